The molecule has 1 atom stereocenters. The number of amides is 1. The Morgan fingerprint density at radius 3 is 2.30 bits per heavy atom. The average molecular weight is 286 g/mol. The molecule has 0 heterocycles. The Balaban J connectivity index is 4.56. The van der Waals surface area contributed by atoms with E-state index in [9.17, 15) is 9.59 Å². The maximum atomic E-state index is 12.3. The number of hydrogen-bond acceptors (Lipinski definition) is 4. The predicted octanol–water partition coefficient (Wildman–Crippen LogP) is 1.80. The van der Waals surface area contributed by atoms with Crippen molar-refractivity contribution in [2.75, 3.05) is 26.7 Å². The molecule has 20 heavy (non-hydrogen) atoms. The molecule has 1 amide bonds. The van der Waals surface area contributed by atoms with Gasteiger partial charge in [-0.05, 0) is 24.8 Å². The van der Waals surface area contributed by atoms with Crippen LogP contribution in [0.4, 0.5) is 0 Å². The minimum Gasteiger partial charge on any atom is -0.468 e. The van der Waals surface area contributed by atoms with E-state index < -0.39 is 0 Å². The lowest BCUT2D eigenvalue weighted by Crippen LogP contribution is -2.39. The Hall–Kier alpha value is -1.10. The molecule has 0 aromatic rings. The van der Waals surface area contributed by atoms with E-state index in [2.05, 4.69) is 18.6 Å². The normalized spacial score (nSPS) is 12.3. The van der Waals surface area contributed by atoms with Crippen LogP contribution in [0.3, 0.4) is 0 Å². The third-order valence-electron chi connectivity index (χ3n) is 3.79. The molecule has 0 saturated carbocycles. The summed E-state index contributed by atoms with van der Waals surface area (Å²) in [6, 6.07) is 0. The van der Waals surface area contributed by atoms with Crippen LogP contribution in [0.2, 0.25) is 0 Å². The Morgan fingerprint density at radius 1 is 1.25 bits per heavy atom. The molecule has 0 rings (SSSR count). The van der Waals surface area contributed by atoms with Crippen LogP contribution >= 0.6 is 0 Å². The van der Waals surface area contributed by atoms with E-state index in [4.69, 9.17) is 5.73 Å². The Bertz CT molecular complexity index is 291. The molecule has 0 aliphatic heterocycles. The van der Waals surface area contributed by atoms with Crippen LogP contribution in [0.25, 0.3) is 0 Å². The predicted molar refractivity (Wildman–Crippen MR) is 80.1 cm³/mol. The Labute approximate surface area is 122 Å². The second-order valence-corrected chi connectivity index (χ2v) is 5.41. The van der Waals surface area contributed by atoms with E-state index in [1.165, 1.54) is 7.11 Å². The molecular weight excluding hydrogens is 256 g/mol. The van der Waals surface area contributed by atoms with Gasteiger partial charge in [0.05, 0.1) is 7.11 Å². The van der Waals surface area contributed by atoms with Crippen LogP contribution in [0.1, 0.15) is 46.5 Å². The molecule has 0 aliphatic rings. The number of ether oxygens (including phenoxy) is 1. The summed E-state index contributed by atoms with van der Waals surface area (Å²) in [6.45, 7) is 7.48. The molecule has 0 fully saturated rings. The summed E-state index contributed by atoms with van der Waals surface area (Å²) in [5.41, 5.74) is 5.56. The van der Waals surface area contributed by atoms with Gasteiger partial charge in [-0.25, -0.2) is 0 Å². The lowest BCUT2D eigenvalue weighted by Gasteiger charge is -2.26. The number of rotatable bonds is 10. The third-order valence-corrected chi connectivity index (χ3v) is 3.79. The Morgan fingerprint density at radius 2 is 1.85 bits per heavy atom. The highest BCUT2D eigenvalue weighted by Crippen LogP contribution is 2.13. The summed E-state index contributed by atoms with van der Waals surface area (Å²) in [4.78, 5) is 25.3. The van der Waals surface area contributed by atoms with Crippen molar-refractivity contribution in [1.29, 1.82) is 0 Å². The molecule has 5 nitrogen and oxygen atoms in total. The second-order valence-electron chi connectivity index (χ2n) is 5.41. The van der Waals surface area contributed by atoms with Gasteiger partial charge in [0, 0.05) is 13.0 Å². The second kappa shape index (κ2) is 10.7. The lowest BCUT2D eigenvalue weighted by molar-refractivity contribution is -0.147. The third kappa shape index (κ3) is 7.48. The highest BCUT2D eigenvalue weighted by atomic mass is 16.5. The largest absolute Gasteiger partial charge is 0.468 e. The Kier molecular flexibility index (Phi) is 10.1. The summed E-state index contributed by atoms with van der Waals surface area (Å²) in [7, 11) is 1.35. The fourth-order valence-electron chi connectivity index (χ4n) is 1.98. The van der Waals surface area contributed by atoms with Crippen LogP contribution in [0.5, 0.6) is 0 Å². The van der Waals surface area contributed by atoms with Crippen molar-refractivity contribution in [1.82, 2.24) is 4.90 Å². The lowest BCUT2D eigenvalue weighted by atomic mass is 10.0. The van der Waals surface area contributed by atoms with Gasteiger partial charge in [0.25, 0.3) is 0 Å². The number of nitrogens with two attached hydrogens (primary N) is 1. The molecule has 0 aromatic carbocycles. The van der Waals surface area contributed by atoms with Crippen LogP contribution in [0.15, 0.2) is 0 Å². The smallest absolute Gasteiger partial charge is 0.325 e. The van der Waals surface area contributed by atoms with Gasteiger partial charge in [0.15, 0.2) is 0 Å². The van der Waals surface area contributed by atoms with Crippen molar-refractivity contribution in [2.24, 2.45) is 17.6 Å². The quantitative estimate of drug-likeness (QED) is 0.622. The number of hydrogen-bond donors (Lipinski definition) is 1. The van der Waals surface area contributed by atoms with E-state index in [0.717, 1.165) is 19.3 Å². The summed E-state index contributed by atoms with van der Waals surface area (Å²) < 4.78 is 4.67. The van der Waals surface area contributed by atoms with Crippen molar-refractivity contribution in [3.8, 4) is 0 Å². The van der Waals surface area contributed by atoms with Gasteiger partial charge >= 0.3 is 5.97 Å². The van der Waals surface area contributed by atoms with Gasteiger partial charge in [-0.15, -0.1) is 0 Å². The van der Waals surface area contributed by atoms with Crippen LogP contribution in [-0.4, -0.2) is 43.5 Å². The fraction of sp³-hybridized carbons (Fsp3) is 0.867. The molecule has 0 aliphatic carbocycles. The van der Waals surface area contributed by atoms with Crippen LogP contribution in [-0.2, 0) is 14.3 Å². The minimum atomic E-state index is -0.365. The number of carbonyl (C=O) groups is 2. The highest BCUT2D eigenvalue weighted by Gasteiger charge is 2.20. The van der Waals surface area contributed by atoms with Gasteiger partial charge in [-0.3, -0.25) is 9.59 Å². The SMILES string of the molecule is CCC(CC)CN(CC(=O)OC)C(=O)CCC(C)CN. The average Bonchev–Trinajstić information content (AvgIpc) is 2.47. The van der Waals surface area contributed by atoms with Crippen LogP contribution < -0.4 is 5.73 Å². The first-order valence-corrected chi connectivity index (χ1v) is 7.52. The molecule has 1 unspecified atom stereocenters. The van der Waals surface area contributed by atoms with Crippen molar-refractivity contribution >= 4 is 11.9 Å². The monoisotopic (exact) mass is 286 g/mol. The zero-order valence-corrected chi connectivity index (χ0v) is 13.4. The van der Waals surface area contributed by atoms with E-state index >= 15 is 0 Å². The number of esters is 1. The maximum absolute atomic E-state index is 12.3. The van der Waals surface area contributed by atoms with E-state index in [1.807, 2.05) is 6.92 Å². The first-order chi connectivity index (χ1) is 9.48. The van der Waals surface area contributed by atoms with E-state index in [1.54, 1.807) is 4.90 Å². The van der Waals surface area contributed by atoms with E-state index in [-0.39, 0.29) is 18.4 Å². The minimum absolute atomic E-state index is 0.0163. The van der Waals surface area contributed by atoms with E-state index in [0.29, 0.717) is 31.3 Å². The summed E-state index contributed by atoms with van der Waals surface area (Å²) in [6.07, 6.45) is 3.20. The maximum Gasteiger partial charge on any atom is 0.325 e. The van der Waals surface area contributed by atoms with Gasteiger partial charge in [0.1, 0.15) is 6.54 Å². The summed E-state index contributed by atoms with van der Waals surface area (Å²) >= 11 is 0. The number of nitrogens with zero attached hydrogens (tertiary/aromatic N) is 1. The molecule has 118 valence electrons. The van der Waals surface area contributed by atoms with Crippen LogP contribution in [0, 0.1) is 11.8 Å². The molecule has 5 heteroatoms. The summed E-state index contributed by atoms with van der Waals surface area (Å²) in [5.74, 6) is 0.404. The van der Waals surface area contributed by atoms with Crippen molar-refractivity contribution < 1.29 is 14.3 Å². The van der Waals surface area contributed by atoms with Crippen molar-refractivity contribution in [3.05, 3.63) is 0 Å². The highest BCUT2D eigenvalue weighted by molar-refractivity contribution is 5.82. The molecule has 0 radical (unpaired) electrons. The van der Waals surface area contributed by atoms with Crippen molar-refractivity contribution in [2.45, 2.75) is 46.5 Å². The van der Waals surface area contributed by atoms with Gasteiger partial charge < -0.3 is 15.4 Å². The molecule has 0 aromatic heterocycles. The van der Waals surface area contributed by atoms with Gasteiger partial charge in [0.2, 0.25) is 5.91 Å². The zero-order valence-electron chi connectivity index (χ0n) is 13.4. The van der Waals surface area contributed by atoms with Crippen molar-refractivity contribution in [3.63, 3.8) is 0 Å². The molecule has 0 saturated heterocycles. The first-order valence-electron chi connectivity index (χ1n) is 7.52. The topological polar surface area (TPSA) is 72.6 Å². The number of methoxy groups -OCH3 is 1. The van der Waals surface area contributed by atoms with Gasteiger partial charge in [-0.2, -0.15) is 0 Å². The molecule has 0 spiro atoms. The standard InChI is InChI=1S/C15H30N2O3/c1-5-13(6-2)10-17(11-15(19)20-4)14(18)8-7-12(3)9-16/h12-13H,5-11,16H2,1-4H3. The first kappa shape index (κ1) is 18.9. The molecule has 0 bridgehead atoms. The summed E-state index contributed by atoms with van der Waals surface area (Å²) in [5, 5.41) is 0. The van der Waals surface area contributed by atoms with Gasteiger partial charge in [-0.1, -0.05) is 33.6 Å². The molecular formula is C15H30N2O3. The zero-order chi connectivity index (χ0) is 15.5. The number of carbonyl (C=O) groups excluding carboxylic acids is 2. The fourth-order valence-corrected chi connectivity index (χ4v) is 1.98. The molecule has 2 N–H and O–H groups in total.